The Labute approximate surface area is 552 Å². The molecule has 9 aromatic rings. The summed E-state index contributed by atoms with van der Waals surface area (Å²) in [6.45, 7) is 1.17. The first-order chi connectivity index (χ1) is 46.6. The van der Waals surface area contributed by atoms with Crippen LogP contribution in [-0.2, 0) is 48.4 Å². The lowest BCUT2D eigenvalue weighted by Gasteiger charge is -2.18. The highest BCUT2D eigenvalue weighted by atomic mass is 16.6. The smallest absolute Gasteiger partial charge is 0.407 e. The third-order valence-electron chi connectivity index (χ3n) is 15.7. The zero-order chi connectivity index (χ0) is 68.1. The number of esters is 3. The number of unbranched alkanes of at least 4 members (excludes halogenated alkanes) is 3. The number of hydrogen-bond acceptors (Lipinski definition) is 21. The Hall–Kier alpha value is -10.9. The number of nitrogens with one attached hydrogen (secondary N) is 3. The van der Waals surface area contributed by atoms with Crippen LogP contribution in [0, 0.1) is 0 Å². The molecule has 0 aliphatic heterocycles. The molecule has 0 aliphatic carbocycles. The van der Waals surface area contributed by atoms with E-state index in [4.69, 9.17) is 69.0 Å². The van der Waals surface area contributed by atoms with Gasteiger partial charge in [-0.2, -0.15) is 0 Å². The lowest BCUT2D eigenvalue weighted by atomic mass is 9.97. The van der Waals surface area contributed by atoms with Crippen LogP contribution in [0.2, 0.25) is 0 Å². The summed E-state index contributed by atoms with van der Waals surface area (Å²) in [5.41, 5.74) is 22.1. The molecule has 96 heavy (non-hydrogen) atoms. The van der Waals surface area contributed by atoms with Gasteiger partial charge in [-0.15, -0.1) is 0 Å². The van der Waals surface area contributed by atoms with Crippen molar-refractivity contribution >= 4 is 74.3 Å². The second-order valence-corrected chi connectivity index (χ2v) is 22.3. The average Bonchev–Trinajstić information content (AvgIpc) is 1.53. The number of aromatic nitrogens is 1. The van der Waals surface area contributed by atoms with E-state index in [9.17, 15) is 33.6 Å². The van der Waals surface area contributed by atoms with E-state index in [1.165, 1.54) is 40.6 Å². The van der Waals surface area contributed by atoms with E-state index >= 15 is 0 Å². The molecule has 0 aliphatic rings. The van der Waals surface area contributed by atoms with Crippen LogP contribution >= 0.6 is 0 Å². The summed E-state index contributed by atoms with van der Waals surface area (Å²) in [6, 6.07) is 35.5. The van der Waals surface area contributed by atoms with Crippen molar-refractivity contribution in [2.24, 2.45) is 17.2 Å². The summed E-state index contributed by atoms with van der Waals surface area (Å²) in [5, 5.41) is 9.42. The van der Waals surface area contributed by atoms with Crippen LogP contribution in [0.4, 0.5) is 14.4 Å². The Bertz CT molecular complexity index is 4260. The summed E-state index contributed by atoms with van der Waals surface area (Å²) in [5.74, 6) is -2.17. The minimum atomic E-state index is -1.13. The number of hydrogen-bond donors (Lipinski definition) is 6. The molecule has 0 radical (unpaired) electrons. The Morgan fingerprint density at radius 2 is 0.896 bits per heavy atom. The van der Waals surface area contributed by atoms with Gasteiger partial charge in [0.2, 0.25) is 5.75 Å². The van der Waals surface area contributed by atoms with Crippen LogP contribution in [0.1, 0.15) is 74.5 Å². The van der Waals surface area contributed by atoms with E-state index in [0.29, 0.717) is 76.7 Å². The minimum Gasteiger partial charge on any atom is -0.493 e. The summed E-state index contributed by atoms with van der Waals surface area (Å²) in [4.78, 5) is 93.1. The second kappa shape index (κ2) is 33.8. The fourth-order valence-corrected chi connectivity index (χ4v) is 10.7. The minimum absolute atomic E-state index is 0.0170. The van der Waals surface area contributed by atoms with E-state index < -0.39 is 59.9 Å². The highest BCUT2D eigenvalue weighted by Gasteiger charge is 2.30. The predicted molar refractivity (Wildman–Crippen MR) is 356 cm³/mol. The van der Waals surface area contributed by atoms with Gasteiger partial charge in [0.05, 0.1) is 34.0 Å². The monoisotopic (exact) mass is 1320 g/mol. The molecule has 3 atom stereocenters. The summed E-state index contributed by atoms with van der Waals surface area (Å²) in [7, 11) is 5.54. The average molecular weight is 1320 g/mol. The van der Waals surface area contributed by atoms with Crippen LogP contribution in [0.3, 0.4) is 0 Å². The van der Waals surface area contributed by atoms with Crippen molar-refractivity contribution in [1.82, 2.24) is 20.4 Å². The SMILES string of the molecule is COc1cc(-c2c3c4cc(OC)c(OC(=O)[C@@H](N)CCCCNC(=O)OCc5ccccc5)cc4oc(=O)c3n3ccc4c(OC(=O)[C@@H](N)CCCCNC(=O)OCc5ccccc5)c(OC)c(OC)cc4c23)ccc1OC(=O)[C@@H](N)CCCCNC(=O)OCc1ccccc1. The summed E-state index contributed by atoms with van der Waals surface area (Å²) in [6.07, 6.45) is 3.26. The first kappa shape index (κ1) is 69.5. The lowest BCUT2D eigenvalue weighted by molar-refractivity contribution is -0.137. The van der Waals surface area contributed by atoms with Crippen molar-refractivity contribution in [3.05, 3.63) is 167 Å². The number of ether oxygens (including phenoxy) is 10. The van der Waals surface area contributed by atoms with Gasteiger partial charge in [-0.1, -0.05) is 97.1 Å². The molecule has 9 rings (SSSR count). The topological polar surface area (TPSA) is 343 Å². The highest BCUT2D eigenvalue weighted by molar-refractivity contribution is 6.22. The van der Waals surface area contributed by atoms with Crippen molar-refractivity contribution in [2.45, 2.75) is 95.7 Å². The quantitative estimate of drug-likeness (QED) is 0.00750. The molecule has 504 valence electrons. The third-order valence-corrected chi connectivity index (χ3v) is 15.7. The molecule has 0 spiro atoms. The Kier molecular flexibility index (Phi) is 24.5. The molecule has 0 saturated heterocycles. The molecular weight excluding hydrogens is 1240 g/mol. The first-order valence-corrected chi connectivity index (χ1v) is 31.2. The molecular formula is C71H77N7O18. The largest absolute Gasteiger partial charge is 0.493 e. The van der Waals surface area contributed by atoms with Crippen molar-refractivity contribution in [1.29, 1.82) is 0 Å². The number of amides is 3. The van der Waals surface area contributed by atoms with Gasteiger partial charge in [0.15, 0.2) is 34.5 Å². The number of fused-ring (bicyclic) bond motifs is 7. The Morgan fingerprint density at radius 3 is 1.36 bits per heavy atom. The van der Waals surface area contributed by atoms with E-state index in [1.807, 2.05) is 91.0 Å². The third kappa shape index (κ3) is 17.7. The van der Waals surface area contributed by atoms with Gasteiger partial charge in [-0.05, 0) is 110 Å². The second-order valence-electron chi connectivity index (χ2n) is 22.3. The number of carbonyl (C=O) groups excluding carboxylic acids is 6. The number of nitrogens with zero attached hydrogens (tertiary/aromatic N) is 1. The maximum absolute atomic E-state index is 14.8. The molecule has 3 heterocycles. The van der Waals surface area contributed by atoms with Crippen LogP contribution < -0.4 is 71.9 Å². The van der Waals surface area contributed by atoms with Crippen molar-refractivity contribution in [3.63, 3.8) is 0 Å². The van der Waals surface area contributed by atoms with E-state index in [0.717, 1.165) is 16.7 Å². The van der Waals surface area contributed by atoms with Crippen molar-refractivity contribution in [2.75, 3.05) is 48.1 Å². The van der Waals surface area contributed by atoms with Crippen molar-refractivity contribution < 1.29 is 80.6 Å². The molecule has 0 saturated carbocycles. The fraction of sp³-hybridized carbons (Fsp3) is 0.310. The van der Waals surface area contributed by atoms with Crippen LogP contribution in [0.15, 0.2) is 149 Å². The number of rotatable bonds is 32. The van der Waals surface area contributed by atoms with E-state index in [-0.39, 0.29) is 110 Å². The van der Waals surface area contributed by atoms with Gasteiger partial charge in [-0.3, -0.25) is 0 Å². The van der Waals surface area contributed by atoms with Crippen LogP contribution in [0.5, 0.6) is 40.2 Å². The molecule has 9 N–H and O–H groups in total. The molecule has 25 heteroatoms. The zero-order valence-corrected chi connectivity index (χ0v) is 53.6. The van der Waals surface area contributed by atoms with E-state index in [1.54, 1.807) is 40.9 Å². The van der Waals surface area contributed by atoms with Crippen LogP contribution in [-0.4, -0.2) is 107 Å². The van der Waals surface area contributed by atoms with Gasteiger partial charge >= 0.3 is 41.8 Å². The number of carbonyl (C=O) groups is 6. The highest BCUT2D eigenvalue weighted by Crippen LogP contribution is 2.50. The van der Waals surface area contributed by atoms with Gasteiger partial charge in [0.1, 0.15) is 49.0 Å². The maximum atomic E-state index is 14.8. The first-order valence-electron chi connectivity index (χ1n) is 31.2. The molecule has 0 bridgehead atoms. The number of methoxy groups -OCH3 is 4. The van der Waals surface area contributed by atoms with Gasteiger partial charge in [0, 0.05) is 59.0 Å². The van der Waals surface area contributed by atoms with Gasteiger partial charge in [0.25, 0.3) is 0 Å². The number of benzene rings is 6. The predicted octanol–water partition coefficient (Wildman–Crippen LogP) is 10.0. The fourth-order valence-electron chi connectivity index (χ4n) is 10.7. The Balaban J connectivity index is 0.996. The summed E-state index contributed by atoms with van der Waals surface area (Å²) < 4.78 is 65.0. The maximum Gasteiger partial charge on any atom is 0.407 e. The number of alkyl carbamates (subject to hydrolysis) is 3. The van der Waals surface area contributed by atoms with Gasteiger partial charge < -0.3 is 89.3 Å². The standard InChI is InChI=1S/C71H77N7O18/c1-86-55-36-46(29-30-53(55)93-65(79)50(72)26-14-17-32-75-69(83)90-40-43-20-8-5-9-21-43)59-60-49-38-56(87-2)57(95-66(80)51(73)27-15-18-33-76-70(84)91-41-44-22-10-6-11-23-44)39-54(49)94-68(82)62(60)78-35-31-47-48(61(59)78)37-58(88-3)64(89-4)63(47)96-67(81)52(74)28-16-19-34-77-71(85)92-42-45-24-12-7-13-25-45/h5-13,20-25,29-31,35-39,50-52H,14-19,26-28,32-34,40-42,72-74H2,1-4H3,(H,75,83)(H,76,84)(H,77,85)/t50-,51-,52-/m0/s1. The number of pyridine rings is 1. The molecule has 0 unspecified atom stereocenters. The Morgan fingerprint density at radius 1 is 0.448 bits per heavy atom. The molecule has 3 aromatic heterocycles. The molecule has 25 nitrogen and oxygen atoms in total. The normalized spacial score (nSPS) is 12.1. The lowest BCUT2D eigenvalue weighted by Crippen LogP contribution is -2.34. The molecule has 6 aromatic carbocycles. The van der Waals surface area contributed by atoms with Gasteiger partial charge in [-0.25, -0.2) is 33.6 Å². The molecule has 3 amide bonds. The van der Waals surface area contributed by atoms with Crippen LogP contribution in [0.25, 0.3) is 49.3 Å². The van der Waals surface area contributed by atoms with E-state index in [2.05, 4.69) is 16.0 Å². The number of nitrogens with two attached hydrogens (primary N) is 3. The molecule has 0 fully saturated rings. The van der Waals surface area contributed by atoms with Crippen molar-refractivity contribution in [3.8, 4) is 51.4 Å². The summed E-state index contributed by atoms with van der Waals surface area (Å²) >= 11 is 0. The zero-order valence-electron chi connectivity index (χ0n) is 53.6.